The Morgan fingerprint density at radius 1 is 0.517 bits per heavy atom. The maximum absolute atomic E-state index is 10.4. The van der Waals surface area contributed by atoms with Crippen molar-refractivity contribution in [3.05, 3.63) is 29.3 Å². The zero-order chi connectivity index (χ0) is 21.0. The lowest BCUT2D eigenvalue weighted by molar-refractivity contribution is 0.464. The third-order valence-corrected chi connectivity index (χ3v) is 6.33. The lowest BCUT2D eigenvalue weighted by Gasteiger charge is -2.12. The molecule has 0 aliphatic carbocycles. The Morgan fingerprint density at radius 3 is 1.41 bits per heavy atom. The van der Waals surface area contributed by atoms with Gasteiger partial charge in [0.15, 0.2) is 0 Å². The molecule has 1 aromatic rings. The first-order valence-electron chi connectivity index (χ1n) is 13.1. The summed E-state index contributed by atoms with van der Waals surface area (Å²) in [6.45, 7) is 4.56. The number of hydrogen-bond donors (Lipinski definition) is 1. The van der Waals surface area contributed by atoms with Crippen molar-refractivity contribution >= 4 is 0 Å². The zero-order valence-electron chi connectivity index (χ0n) is 19.8. The lowest BCUT2D eigenvalue weighted by Crippen LogP contribution is -1.96. The molecule has 1 aromatic carbocycles. The van der Waals surface area contributed by atoms with Crippen LogP contribution in [0.1, 0.15) is 141 Å². The van der Waals surface area contributed by atoms with E-state index in [1.165, 1.54) is 127 Å². The van der Waals surface area contributed by atoms with Gasteiger partial charge in [-0.15, -0.1) is 0 Å². The van der Waals surface area contributed by atoms with Gasteiger partial charge in [0.05, 0.1) is 0 Å². The van der Waals surface area contributed by atoms with E-state index in [4.69, 9.17) is 0 Å². The predicted molar refractivity (Wildman–Crippen MR) is 130 cm³/mol. The van der Waals surface area contributed by atoms with E-state index in [1.54, 1.807) is 0 Å². The Hall–Kier alpha value is -0.980. The van der Waals surface area contributed by atoms with E-state index in [0.29, 0.717) is 5.75 Å². The first-order chi connectivity index (χ1) is 14.3. The normalized spacial score (nSPS) is 11.2. The molecular weight excluding hydrogens is 352 g/mol. The topological polar surface area (TPSA) is 20.2 Å². The Labute approximate surface area is 182 Å². The fraction of sp³-hybridized carbons (Fsp3) is 0.786. The molecule has 29 heavy (non-hydrogen) atoms. The minimum absolute atomic E-state index is 0.526. The summed E-state index contributed by atoms with van der Waals surface area (Å²) in [5, 5.41) is 10.4. The predicted octanol–water partition coefficient (Wildman–Crippen LogP) is 9.54. The third kappa shape index (κ3) is 13.8. The highest BCUT2D eigenvalue weighted by Crippen LogP contribution is 2.25. The number of aryl methyl sites for hydroxylation is 1. The van der Waals surface area contributed by atoms with Gasteiger partial charge >= 0.3 is 0 Å². The van der Waals surface area contributed by atoms with Crippen LogP contribution in [0.5, 0.6) is 5.75 Å². The number of phenols is 1. The van der Waals surface area contributed by atoms with Crippen LogP contribution in [0.3, 0.4) is 0 Å². The summed E-state index contributed by atoms with van der Waals surface area (Å²) in [5.41, 5.74) is 2.63. The van der Waals surface area contributed by atoms with Crippen molar-refractivity contribution in [2.75, 3.05) is 0 Å². The van der Waals surface area contributed by atoms with E-state index >= 15 is 0 Å². The van der Waals surface area contributed by atoms with E-state index in [2.05, 4.69) is 19.9 Å². The third-order valence-electron chi connectivity index (χ3n) is 6.33. The summed E-state index contributed by atoms with van der Waals surface area (Å²) in [5.74, 6) is 0.526. The fourth-order valence-electron chi connectivity index (χ4n) is 4.38. The Morgan fingerprint density at radius 2 is 0.931 bits per heavy atom. The molecule has 0 amide bonds. The van der Waals surface area contributed by atoms with E-state index in [-0.39, 0.29) is 0 Å². The van der Waals surface area contributed by atoms with Gasteiger partial charge in [0.1, 0.15) is 5.75 Å². The van der Waals surface area contributed by atoms with Crippen molar-refractivity contribution in [3.8, 4) is 5.75 Å². The largest absolute Gasteiger partial charge is 0.508 e. The number of aromatic hydroxyl groups is 1. The van der Waals surface area contributed by atoms with Crippen LogP contribution in [-0.4, -0.2) is 5.11 Å². The molecule has 168 valence electrons. The molecule has 0 bridgehead atoms. The number of benzene rings is 1. The van der Waals surface area contributed by atoms with Crippen molar-refractivity contribution in [3.63, 3.8) is 0 Å². The standard InChI is InChI=1S/C28H50O/c1-3-5-7-9-11-13-14-16-18-20-24-27-26(23-21-25-28(27)29)22-19-17-15-12-10-8-6-4-2/h21,23,25,29H,3-20,22,24H2,1-2H3. The SMILES string of the molecule is CCCCCCCCCCCCc1c(O)cccc1CCCCCCCCCC. The van der Waals surface area contributed by atoms with Gasteiger partial charge in [0, 0.05) is 0 Å². The van der Waals surface area contributed by atoms with Gasteiger partial charge in [0.2, 0.25) is 0 Å². The number of hydrogen-bond acceptors (Lipinski definition) is 1. The van der Waals surface area contributed by atoms with Crippen LogP contribution in [0.2, 0.25) is 0 Å². The summed E-state index contributed by atoms with van der Waals surface area (Å²) in [7, 11) is 0. The van der Waals surface area contributed by atoms with Crippen LogP contribution in [-0.2, 0) is 12.8 Å². The molecular formula is C28H50O. The second-order valence-corrected chi connectivity index (χ2v) is 9.07. The average molecular weight is 403 g/mol. The highest BCUT2D eigenvalue weighted by molar-refractivity contribution is 5.39. The second-order valence-electron chi connectivity index (χ2n) is 9.07. The molecule has 0 radical (unpaired) electrons. The first-order valence-corrected chi connectivity index (χ1v) is 13.1. The molecule has 0 saturated heterocycles. The smallest absolute Gasteiger partial charge is 0.119 e. The fourth-order valence-corrected chi connectivity index (χ4v) is 4.38. The molecule has 0 aliphatic rings. The Kier molecular flexibility index (Phi) is 17.1. The summed E-state index contributed by atoms with van der Waals surface area (Å²) in [6, 6.07) is 6.15. The van der Waals surface area contributed by atoms with Gasteiger partial charge in [-0.2, -0.15) is 0 Å². The van der Waals surface area contributed by atoms with Gasteiger partial charge in [-0.25, -0.2) is 0 Å². The lowest BCUT2D eigenvalue weighted by atomic mass is 9.95. The zero-order valence-corrected chi connectivity index (χ0v) is 19.8. The molecule has 0 aromatic heterocycles. The van der Waals surface area contributed by atoms with E-state index in [0.717, 1.165) is 12.8 Å². The highest BCUT2D eigenvalue weighted by atomic mass is 16.3. The van der Waals surface area contributed by atoms with Gasteiger partial charge in [0.25, 0.3) is 0 Å². The first kappa shape index (κ1) is 26.1. The summed E-state index contributed by atoms with van der Waals surface area (Å²) >= 11 is 0. The minimum Gasteiger partial charge on any atom is -0.508 e. The molecule has 0 spiro atoms. The number of phenolic OH excluding ortho intramolecular Hbond substituents is 1. The van der Waals surface area contributed by atoms with Crippen LogP contribution < -0.4 is 0 Å². The van der Waals surface area contributed by atoms with Gasteiger partial charge in [-0.05, 0) is 42.9 Å². The van der Waals surface area contributed by atoms with Crippen molar-refractivity contribution in [2.24, 2.45) is 0 Å². The maximum atomic E-state index is 10.4. The van der Waals surface area contributed by atoms with Crippen molar-refractivity contribution in [1.82, 2.24) is 0 Å². The molecule has 1 rings (SSSR count). The van der Waals surface area contributed by atoms with Crippen molar-refractivity contribution in [2.45, 2.75) is 142 Å². The molecule has 0 fully saturated rings. The molecule has 0 atom stereocenters. The molecule has 0 saturated carbocycles. The second kappa shape index (κ2) is 19.0. The average Bonchev–Trinajstić information content (AvgIpc) is 2.72. The number of rotatable bonds is 20. The Bertz CT molecular complexity index is 479. The minimum atomic E-state index is 0.526. The molecule has 1 nitrogen and oxygen atoms in total. The maximum Gasteiger partial charge on any atom is 0.119 e. The summed E-state index contributed by atoms with van der Waals surface area (Å²) < 4.78 is 0. The van der Waals surface area contributed by atoms with Gasteiger partial charge in [-0.1, -0.05) is 129 Å². The highest BCUT2D eigenvalue weighted by Gasteiger charge is 2.07. The monoisotopic (exact) mass is 402 g/mol. The Balaban J connectivity index is 2.15. The van der Waals surface area contributed by atoms with E-state index < -0.39 is 0 Å². The quantitative estimate of drug-likeness (QED) is 0.215. The molecule has 0 heterocycles. The van der Waals surface area contributed by atoms with Crippen molar-refractivity contribution in [1.29, 1.82) is 0 Å². The van der Waals surface area contributed by atoms with Crippen LogP contribution in [0.4, 0.5) is 0 Å². The van der Waals surface area contributed by atoms with Crippen LogP contribution in [0, 0.1) is 0 Å². The van der Waals surface area contributed by atoms with Crippen LogP contribution in [0.15, 0.2) is 18.2 Å². The molecule has 1 N–H and O–H groups in total. The van der Waals surface area contributed by atoms with Crippen LogP contribution >= 0.6 is 0 Å². The molecule has 0 aliphatic heterocycles. The number of unbranched alkanes of at least 4 members (excludes halogenated alkanes) is 16. The molecule has 0 unspecified atom stereocenters. The summed E-state index contributed by atoms with van der Waals surface area (Å²) in [4.78, 5) is 0. The van der Waals surface area contributed by atoms with Crippen LogP contribution in [0.25, 0.3) is 0 Å². The van der Waals surface area contributed by atoms with E-state index in [1.807, 2.05) is 12.1 Å². The van der Waals surface area contributed by atoms with Gasteiger partial charge < -0.3 is 5.11 Å². The van der Waals surface area contributed by atoms with Crippen molar-refractivity contribution < 1.29 is 5.11 Å². The van der Waals surface area contributed by atoms with E-state index in [9.17, 15) is 5.11 Å². The van der Waals surface area contributed by atoms with Gasteiger partial charge in [-0.3, -0.25) is 0 Å². The summed E-state index contributed by atoms with van der Waals surface area (Å²) in [6.07, 6.45) is 26.8. The molecule has 1 heteroatoms.